The third-order valence-electron chi connectivity index (χ3n) is 2.30. The Morgan fingerprint density at radius 2 is 1.89 bits per heavy atom. The Morgan fingerprint density at radius 3 is 2.33 bits per heavy atom. The van der Waals surface area contributed by atoms with Gasteiger partial charge >= 0.3 is 6.18 Å². The monoisotopic (exact) mass is 267 g/mol. The van der Waals surface area contributed by atoms with Crippen molar-refractivity contribution in [2.75, 3.05) is 18.5 Å². The highest BCUT2D eigenvalue weighted by Gasteiger charge is 2.31. The second kappa shape index (κ2) is 5.11. The molecule has 0 heterocycles. The van der Waals surface area contributed by atoms with Crippen LogP contribution < -0.4 is 5.32 Å². The van der Waals surface area contributed by atoms with Gasteiger partial charge in [-0.3, -0.25) is 0 Å². The van der Waals surface area contributed by atoms with E-state index in [-0.39, 0.29) is 12.2 Å². The number of rotatable bonds is 4. The van der Waals surface area contributed by atoms with Gasteiger partial charge in [-0.05, 0) is 25.1 Å². The van der Waals surface area contributed by atoms with E-state index in [1.807, 2.05) is 0 Å². The zero-order valence-corrected chi connectivity index (χ0v) is 9.55. The molecule has 1 aromatic carbocycles. The normalized spacial score (nSPS) is 15.3. The quantitative estimate of drug-likeness (QED) is 0.731. The number of anilines is 1. The number of alkyl halides is 3. The summed E-state index contributed by atoms with van der Waals surface area (Å²) in [6.07, 6.45) is -4.60. The second-order valence-corrected chi connectivity index (χ2v) is 4.20. The molecule has 102 valence electrons. The van der Waals surface area contributed by atoms with Crippen LogP contribution >= 0.6 is 0 Å². The van der Waals surface area contributed by atoms with E-state index in [0.717, 1.165) is 12.1 Å². The van der Waals surface area contributed by atoms with E-state index in [0.29, 0.717) is 6.07 Å². The van der Waals surface area contributed by atoms with Crippen molar-refractivity contribution in [2.45, 2.75) is 18.7 Å². The van der Waals surface area contributed by atoms with Crippen LogP contribution in [0.3, 0.4) is 0 Å². The summed E-state index contributed by atoms with van der Waals surface area (Å²) >= 11 is 0. The number of aliphatic hydroxyl groups excluding tert-OH is 1. The maximum absolute atomic E-state index is 13.4. The second-order valence-electron chi connectivity index (χ2n) is 4.20. The molecule has 1 aromatic rings. The zero-order chi connectivity index (χ0) is 14.0. The van der Waals surface area contributed by atoms with Crippen molar-refractivity contribution in [2.24, 2.45) is 0 Å². The van der Waals surface area contributed by atoms with Crippen LogP contribution in [0.2, 0.25) is 0 Å². The molecule has 1 unspecified atom stereocenters. The third kappa shape index (κ3) is 3.85. The third-order valence-corrected chi connectivity index (χ3v) is 2.30. The van der Waals surface area contributed by atoms with Gasteiger partial charge in [0, 0.05) is 6.54 Å². The molecule has 3 nitrogen and oxygen atoms in total. The summed E-state index contributed by atoms with van der Waals surface area (Å²) < 4.78 is 50.2. The van der Waals surface area contributed by atoms with Crippen molar-refractivity contribution in [1.82, 2.24) is 0 Å². The lowest BCUT2D eigenvalue weighted by atomic mass is 10.1. The van der Waals surface area contributed by atoms with Crippen molar-refractivity contribution in [1.29, 1.82) is 0 Å². The van der Waals surface area contributed by atoms with Crippen LogP contribution in [0.4, 0.5) is 23.2 Å². The van der Waals surface area contributed by atoms with Gasteiger partial charge in [0.1, 0.15) is 11.4 Å². The summed E-state index contributed by atoms with van der Waals surface area (Å²) in [5.74, 6) is -1.07. The van der Waals surface area contributed by atoms with Crippen LogP contribution in [0.5, 0.6) is 0 Å². The Kier molecular flexibility index (Phi) is 4.18. The Bertz CT molecular complexity index is 418. The molecule has 1 rings (SSSR count). The van der Waals surface area contributed by atoms with E-state index in [4.69, 9.17) is 5.11 Å². The highest BCUT2D eigenvalue weighted by molar-refractivity contribution is 5.47. The van der Waals surface area contributed by atoms with E-state index in [1.165, 1.54) is 6.92 Å². The first-order valence-corrected chi connectivity index (χ1v) is 5.09. The molecule has 0 spiro atoms. The standard InChI is InChI=1S/C11H13F4NO2/c1-10(18,6-17)5-16-9-3-2-7(4-8(9)12)11(13,14)15/h2-4,16-18H,5-6H2,1H3. The lowest BCUT2D eigenvalue weighted by Gasteiger charge is -2.21. The number of benzene rings is 1. The lowest BCUT2D eigenvalue weighted by molar-refractivity contribution is -0.137. The van der Waals surface area contributed by atoms with Crippen molar-refractivity contribution in [3.05, 3.63) is 29.6 Å². The number of halogens is 4. The van der Waals surface area contributed by atoms with Gasteiger partial charge < -0.3 is 15.5 Å². The van der Waals surface area contributed by atoms with Crippen LogP contribution in [0, 0.1) is 5.82 Å². The van der Waals surface area contributed by atoms with Gasteiger partial charge in [0.2, 0.25) is 0 Å². The number of hydrogen-bond acceptors (Lipinski definition) is 3. The van der Waals surface area contributed by atoms with E-state index < -0.39 is 29.8 Å². The van der Waals surface area contributed by atoms with Crippen molar-refractivity contribution in [3.63, 3.8) is 0 Å². The van der Waals surface area contributed by atoms with Gasteiger partial charge in [-0.2, -0.15) is 13.2 Å². The maximum Gasteiger partial charge on any atom is 0.416 e. The predicted octanol–water partition coefficient (Wildman–Crippen LogP) is 2.00. The molecule has 1 atom stereocenters. The molecule has 0 bridgehead atoms. The summed E-state index contributed by atoms with van der Waals surface area (Å²) in [6, 6.07) is 2.04. The number of aliphatic hydroxyl groups is 2. The van der Waals surface area contributed by atoms with Gasteiger partial charge in [0.15, 0.2) is 0 Å². The van der Waals surface area contributed by atoms with Crippen LogP contribution in [0.1, 0.15) is 12.5 Å². The minimum atomic E-state index is -4.60. The minimum absolute atomic E-state index is 0.170. The molecule has 0 amide bonds. The smallest absolute Gasteiger partial charge is 0.393 e. The molecule has 0 saturated carbocycles. The Hall–Kier alpha value is -1.34. The predicted molar refractivity (Wildman–Crippen MR) is 57.6 cm³/mol. The van der Waals surface area contributed by atoms with Crippen LogP contribution in [-0.2, 0) is 6.18 Å². The van der Waals surface area contributed by atoms with Crippen LogP contribution in [-0.4, -0.2) is 29.0 Å². The molecule has 7 heteroatoms. The van der Waals surface area contributed by atoms with Gasteiger partial charge in [0.05, 0.1) is 17.9 Å². The summed E-state index contributed by atoms with van der Waals surface area (Å²) in [6.45, 7) is 0.566. The SMILES string of the molecule is CC(O)(CO)CNc1ccc(C(F)(F)F)cc1F. The molecule has 0 aromatic heterocycles. The largest absolute Gasteiger partial charge is 0.416 e. The van der Waals surface area contributed by atoms with E-state index >= 15 is 0 Å². The Morgan fingerprint density at radius 1 is 1.28 bits per heavy atom. The molecule has 18 heavy (non-hydrogen) atoms. The van der Waals surface area contributed by atoms with E-state index in [9.17, 15) is 22.7 Å². The molecular weight excluding hydrogens is 254 g/mol. The topological polar surface area (TPSA) is 52.5 Å². The first-order valence-electron chi connectivity index (χ1n) is 5.09. The minimum Gasteiger partial charge on any atom is -0.393 e. The van der Waals surface area contributed by atoms with Gasteiger partial charge in [0.25, 0.3) is 0 Å². The zero-order valence-electron chi connectivity index (χ0n) is 9.55. The molecule has 0 saturated heterocycles. The fourth-order valence-corrected chi connectivity index (χ4v) is 1.18. The van der Waals surface area contributed by atoms with Crippen molar-refractivity contribution in [3.8, 4) is 0 Å². The number of hydrogen-bond donors (Lipinski definition) is 3. The first kappa shape index (κ1) is 14.7. The Balaban J connectivity index is 2.81. The molecular formula is C11H13F4NO2. The van der Waals surface area contributed by atoms with Crippen LogP contribution in [0.15, 0.2) is 18.2 Å². The molecule has 3 N–H and O–H groups in total. The fraction of sp³-hybridized carbons (Fsp3) is 0.455. The van der Waals surface area contributed by atoms with Crippen molar-refractivity contribution >= 4 is 5.69 Å². The average molecular weight is 267 g/mol. The van der Waals surface area contributed by atoms with Gasteiger partial charge in [-0.1, -0.05) is 0 Å². The molecule has 0 aliphatic heterocycles. The maximum atomic E-state index is 13.4. The highest BCUT2D eigenvalue weighted by atomic mass is 19.4. The van der Waals surface area contributed by atoms with E-state index in [2.05, 4.69) is 5.32 Å². The van der Waals surface area contributed by atoms with Gasteiger partial charge in [-0.25, -0.2) is 4.39 Å². The fourth-order valence-electron chi connectivity index (χ4n) is 1.18. The number of nitrogens with one attached hydrogen (secondary N) is 1. The Labute approximate surface area is 101 Å². The van der Waals surface area contributed by atoms with E-state index in [1.54, 1.807) is 0 Å². The summed E-state index contributed by atoms with van der Waals surface area (Å²) in [7, 11) is 0. The first-order chi connectivity index (χ1) is 8.15. The van der Waals surface area contributed by atoms with Crippen molar-refractivity contribution < 1.29 is 27.8 Å². The average Bonchev–Trinajstić information content (AvgIpc) is 2.26. The molecule has 0 aliphatic carbocycles. The lowest BCUT2D eigenvalue weighted by Crippen LogP contribution is -2.37. The molecule has 0 radical (unpaired) electrons. The van der Waals surface area contributed by atoms with Crippen LogP contribution in [0.25, 0.3) is 0 Å². The summed E-state index contributed by atoms with van der Waals surface area (Å²) in [5, 5.41) is 20.6. The highest BCUT2D eigenvalue weighted by Crippen LogP contribution is 2.31. The molecule has 0 fully saturated rings. The summed E-state index contributed by atoms with van der Waals surface area (Å²) in [4.78, 5) is 0. The summed E-state index contributed by atoms with van der Waals surface area (Å²) in [5.41, 5.74) is -2.73. The van der Waals surface area contributed by atoms with Gasteiger partial charge in [-0.15, -0.1) is 0 Å². The molecule has 0 aliphatic rings.